The summed E-state index contributed by atoms with van der Waals surface area (Å²) in [6, 6.07) is 11.7. The largest absolute Gasteiger partial charge is 0.383 e. The standard InChI is InChI=1S/C15H15N5S/c16-8-14-18-9-12(20-14)10-3-5-11(6-4-10)19-15(17)13-2-1-7-21-13/h1-7,9H,8,16H2,(H2,17,19)(H,18,20). The number of thiophene rings is 1. The van der Waals surface area contributed by atoms with Crippen LogP contribution in [0, 0.1) is 0 Å². The van der Waals surface area contributed by atoms with Crippen LogP contribution >= 0.6 is 11.3 Å². The molecule has 6 heteroatoms. The molecule has 2 aromatic heterocycles. The smallest absolute Gasteiger partial charge is 0.141 e. The number of benzene rings is 1. The van der Waals surface area contributed by atoms with Gasteiger partial charge in [0.15, 0.2) is 0 Å². The minimum Gasteiger partial charge on any atom is -0.383 e. The lowest BCUT2D eigenvalue weighted by Crippen LogP contribution is -2.10. The van der Waals surface area contributed by atoms with Gasteiger partial charge in [-0.15, -0.1) is 11.3 Å². The Balaban J connectivity index is 1.82. The van der Waals surface area contributed by atoms with Crippen molar-refractivity contribution in [2.24, 2.45) is 16.5 Å². The third kappa shape index (κ3) is 3.01. The molecule has 3 aromatic rings. The van der Waals surface area contributed by atoms with Crippen LogP contribution in [-0.4, -0.2) is 15.8 Å². The van der Waals surface area contributed by atoms with E-state index >= 15 is 0 Å². The summed E-state index contributed by atoms with van der Waals surface area (Å²) in [5, 5.41) is 1.98. The van der Waals surface area contributed by atoms with Crippen LogP contribution < -0.4 is 11.5 Å². The zero-order valence-electron chi connectivity index (χ0n) is 11.3. The molecule has 0 amide bonds. The molecular formula is C15H15N5S. The summed E-state index contributed by atoms with van der Waals surface area (Å²) in [4.78, 5) is 12.8. The zero-order valence-corrected chi connectivity index (χ0v) is 12.1. The summed E-state index contributed by atoms with van der Waals surface area (Å²) in [6.45, 7) is 0.403. The average molecular weight is 297 g/mol. The van der Waals surface area contributed by atoms with Crippen LogP contribution in [0.25, 0.3) is 11.3 Å². The van der Waals surface area contributed by atoms with Crippen molar-refractivity contribution in [3.8, 4) is 11.3 Å². The van der Waals surface area contributed by atoms with Crippen LogP contribution in [0.4, 0.5) is 5.69 Å². The molecular weight excluding hydrogens is 282 g/mol. The lowest BCUT2D eigenvalue weighted by atomic mass is 10.1. The van der Waals surface area contributed by atoms with Crippen molar-refractivity contribution in [3.05, 3.63) is 58.7 Å². The Morgan fingerprint density at radius 1 is 1.24 bits per heavy atom. The van der Waals surface area contributed by atoms with Crippen LogP contribution in [0.5, 0.6) is 0 Å². The van der Waals surface area contributed by atoms with E-state index in [4.69, 9.17) is 11.5 Å². The highest BCUT2D eigenvalue weighted by molar-refractivity contribution is 7.12. The van der Waals surface area contributed by atoms with E-state index in [1.807, 2.05) is 48.0 Å². The summed E-state index contributed by atoms with van der Waals surface area (Å²) in [5.74, 6) is 1.30. The fourth-order valence-corrected chi connectivity index (χ4v) is 2.57. The fraction of sp³-hybridized carbons (Fsp3) is 0.0667. The van der Waals surface area contributed by atoms with Crippen LogP contribution in [0.2, 0.25) is 0 Å². The molecule has 0 spiro atoms. The first-order chi connectivity index (χ1) is 10.3. The number of hydrogen-bond donors (Lipinski definition) is 3. The molecule has 0 saturated carbocycles. The van der Waals surface area contributed by atoms with Crippen LogP contribution in [0.1, 0.15) is 10.7 Å². The summed E-state index contributed by atoms with van der Waals surface area (Å²) in [5.41, 5.74) is 14.2. The van der Waals surface area contributed by atoms with Crippen molar-refractivity contribution in [2.75, 3.05) is 0 Å². The van der Waals surface area contributed by atoms with Gasteiger partial charge < -0.3 is 16.5 Å². The number of H-pyrrole nitrogens is 1. The number of aromatic amines is 1. The van der Waals surface area contributed by atoms with E-state index in [-0.39, 0.29) is 0 Å². The Labute approximate surface area is 126 Å². The molecule has 1 aromatic carbocycles. The van der Waals surface area contributed by atoms with Gasteiger partial charge in [0.1, 0.15) is 11.7 Å². The molecule has 0 radical (unpaired) electrons. The van der Waals surface area contributed by atoms with Crippen molar-refractivity contribution in [3.63, 3.8) is 0 Å². The van der Waals surface area contributed by atoms with Crippen molar-refractivity contribution in [1.29, 1.82) is 0 Å². The Morgan fingerprint density at radius 3 is 2.67 bits per heavy atom. The molecule has 0 bridgehead atoms. The van der Waals surface area contributed by atoms with E-state index in [2.05, 4.69) is 15.0 Å². The maximum Gasteiger partial charge on any atom is 0.141 e. The Morgan fingerprint density at radius 2 is 2.05 bits per heavy atom. The number of aromatic nitrogens is 2. The minimum atomic E-state index is 0.403. The monoisotopic (exact) mass is 297 g/mol. The third-order valence-corrected chi connectivity index (χ3v) is 3.90. The summed E-state index contributed by atoms with van der Waals surface area (Å²) in [6.07, 6.45) is 1.85. The molecule has 21 heavy (non-hydrogen) atoms. The van der Waals surface area contributed by atoms with E-state index in [0.717, 1.165) is 27.6 Å². The molecule has 0 aliphatic heterocycles. The van der Waals surface area contributed by atoms with Gasteiger partial charge in [-0.25, -0.2) is 9.98 Å². The lowest BCUT2D eigenvalue weighted by molar-refractivity contribution is 0.950. The Hall–Kier alpha value is -2.44. The first-order valence-corrected chi connectivity index (χ1v) is 7.37. The molecule has 5 N–H and O–H groups in total. The topological polar surface area (TPSA) is 93.1 Å². The van der Waals surface area contributed by atoms with E-state index in [0.29, 0.717) is 12.4 Å². The number of nitrogens with one attached hydrogen (secondary N) is 1. The third-order valence-electron chi connectivity index (χ3n) is 3.01. The summed E-state index contributed by atoms with van der Waals surface area (Å²) < 4.78 is 0. The van der Waals surface area contributed by atoms with Gasteiger partial charge >= 0.3 is 0 Å². The lowest BCUT2D eigenvalue weighted by Gasteiger charge is -2.00. The Bertz CT molecular complexity index is 741. The van der Waals surface area contributed by atoms with E-state index in [1.54, 1.807) is 11.3 Å². The van der Waals surface area contributed by atoms with Gasteiger partial charge in [0.2, 0.25) is 0 Å². The van der Waals surface area contributed by atoms with Crippen molar-refractivity contribution < 1.29 is 0 Å². The summed E-state index contributed by atoms with van der Waals surface area (Å²) in [7, 11) is 0. The number of nitrogens with two attached hydrogens (primary N) is 2. The molecule has 0 saturated heterocycles. The average Bonchev–Trinajstić information content (AvgIpc) is 3.19. The Kier molecular flexibility index (Phi) is 3.81. The maximum absolute atomic E-state index is 5.97. The highest BCUT2D eigenvalue weighted by atomic mass is 32.1. The van der Waals surface area contributed by atoms with Crippen molar-refractivity contribution in [1.82, 2.24) is 9.97 Å². The normalized spacial score (nSPS) is 11.8. The number of nitrogens with zero attached hydrogens (tertiary/aromatic N) is 2. The molecule has 5 nitrogen and oxygen atoms in total. The molecule has 0 fully saturated rings. The fourth-order valence-electron chi connectivity index (χ4n) is 1.94. The molecule has 2 heterocycles. The summed E-state index contributed by atoms with van der Waals surface area (Å²) >= 11 is 1.57. The van der Waals surface area contributed by atoms with Crippen LogP contribution in [0.15, 0.2) is 53.0 Å². The first kappa shape index (κ1) is 13.5. The first-order valence-electron chi connectivity index (χ1n) is 6.49. The number of imidazole rings is 1. The van der Waals surface area contributed by atoms with Gasteiger partial charge in [0.05, 0.1) is 22.8 Å². The SMILES string of the molecule is NCc1nc(-c2ccc(/N=C(\N)c3cccs3)cc2)c[nH]1. The molecule has 0 aliphatic carbocycles. The van der Waals surface area contributed by atoms with Crippen molar-refractivity contribution >= 4 is 22.9 Å². The zero-order chi connectivity index (χ0) is 14.7. The molecule has 0 aliphatic rings. The number of rotatable bonds is 4. The van der Waals surface area contributed by atoms with E-state index < -0.39 is 0 Å². The number of hydrogen-bond acceptors (Lipinski definition) is 4. The minimum absolute atomic E-state index is 0.403. The van der Waals surface area contributed by atoms with Gasteiger partial charge in [-0.1, -0.05) is 18.2 Å². The maximum atomic E-state index is 5.97. The number of amidine groups is 1. The predicted molar refractivity (Wildman–Crippen MR) is 86.6 cm³/mol. The molecule has 0 unspecified atom stereocenters. The molecule has 0 atom stereocenters. The molecule has 3 rings (SSSR count). The quantitative estimate of drug-likeness (QED) is 0.510. The second kappa shape index (κ2) is 5.90. The number of aliphatic imine (C=N–C) groups is 1. The van der Waals surface area contributed by atoms with Crippen molar-refractivity contribution in [2.45, 2.75) is 6.54 Å². The second-order valence-corrected chi connectivity index (χ2v) is 5.41. The van der Waals surface area contributed by atoms with Crippen LogP contribution in [-0.2, 0) is 6.54 Å². The van der Waals surface area contributed by atoms with Gasteiger partial charge in [0, 0.05) is 11.8 Å². The highest BCUT2D eigenvalue weighted by Crippen LogP contribution is 2.22. The predicted octanol–water partition coefficient (Wildman–Crippen LogP) is 2.63. The second-order valence-electron chi connectivity index (χ2n) is 4.46. The van der Waals surface area contributed by atoms with E-state index in [1.165, 1.54) is 0 Å². The van der Waals surface area contributed by atoms with Crippen LogP contribution in [0.3, 0.4) is 0 Å². The van der Waals surface area contributed by atoms with Gasteiger partial charge in [-0.05, 0) is 23.6 Å². The van der Waals surface area contributed by atoms with Gasteiger partial charge in [0.25, 0.3) is 0 Å². The van der Waals surface area contributed by atoms with Gasteiger partial charge in [-0.2, -0.15) is 0 Å². The highest BCUT2D eigenvalue weighted by Gasteiger charge is 2.04. The van der Waals surface area contributed by atoms with Gasteiger partial charge in [-0.3, -0.25) is 0 Å². The van der Waals surface area contributed by atoms with E-state index in [9.17, 15) is 0 Å². The molecule has 106 valence electrons.